The normalized spacial score (nSPS) is 19.6. The zero-order valence-electron chi connectivity index (χ0n) is 13.4. The van der Waals surface area contributed by atoms with Crippen LogP contribution in [0.4, 0.5) is 11.5 Å². The van der Waals surface area contributed by atoms with Crippen LogP contribution in [0.3, 0.4) is 0 Å². The molecule has 2 aliphatic rings. The van der Waals surface area contributed by atoms with Gasteiger partial charge in [0.05, 0.1) is 4.92 Å². The van der Waals surface area contributed by atoms with E-state index in [2.05, 4.69) is 15.3 Å². The number of piperidine rings is 1. The summed E-state index contributed by atoms with van der Waals surface area (Å²) in [5, 5.41) is 19.4. The van der Waals surface area contributed by atoms with Gasteiger partial charge in [-0.3, -0.25) is 10.1 Å². The highest BCUT2D eigenvalue weighted by molar-refractivity contribution is 5.61. The number of hydrogen-bond acceptors (Lipinski definition) is 5. The van der Waals surface area contributed by atoms with Gasteiger partial charge in [-0.25, -0.2) is 4.68 Å². The first-order valence-corrected chi connectivity index (χ1v) is 8.30. The highest BCUT2D eigenvalue weighted by Crippen LogP contribution is 2.33. The van der Waals surface area contributed by atoms with Crippen molar-refractivity contribution in [3.8, 4) is 0 Å². The van der Waals surface area contributed by atoms with Gasteiger partial charge in [-0.2, -0.15) is 5.10 Å². The summed E-state index contributed by atoms with van der Waals surface area (Å²) in [6.07, 6.45) is 4.82. The summed E-state index contributed by atoms with van der Waals surface area (Å²) in [5.74, 6) is 1.58. The van der Waals surface area contributed by atoms with E-state index in [1.165, 1.54) is 12.8 Å². The molecule has 1 saturated heterocycles. The number of aryl methyl sites for hydroxylation is 2. The molecule has 7 heteroatoms. The molecular formula is C15H25N5O2. The lowest BCUT2D eigenvalue weighted by Gasteiger charge is -2.33. The summed E-state index contributed by atoms with van der Waals surface area (Å²) in [6.45, 7) is 7.20. The van der Waals surface area contributed by atoms with Crippen LogP contribution in [-0.4, -0.2) is 40.4 Å². The molecule has 1 aliphatic carbocycles. The minimum Gasteiger partial charge on any atom is -0.351 e. The van der Waals surface area contributed by atoms with Crippen LogP contribution in [0.2, 0.25) is 0 Å². The van der Waals surface area contributed by atoms with Crippen molar-refractivity contribution < 1.29 is 4.92 Å². The molecule has 0 bridgehead atoms. The lowest BCUT2D eigenvalue weighted by molar-refractivity contribution is -0.384. The Hall–Kier alpha value is -1.63. The van der Waals surface area contributed by atoms with Crippen molar-refractivity contribution in [2.75, 3.05) is 24.5 Å². The fourth-order valence-electron chi connectivity index (χ4n) is 3.26. The number of rotatable bonds is 6. The van der Waals surface area contributed by atoms with E-state index in [9.17, 15) is 10.1 Å². The van der Waals surface area contributed by atoms with E-state index in [-0.39, 0.29) is 10.6 Å². The maximum absolute atomic E-state index is 11.4. The minimum atomic E-state index is -0.290. The molecule has 1 aromatic rings. The molecule has 7 nitrogen and oxygen atoms in total. The van der Waals surface area contributed by atoms with E-state index < -0.39 is 0 Å². The number of nitro groups is 1. The van der Waals surface area contributed by atoms with Crippen LogP contribution in [-0.2, 0) is 6.54 Å². The third-order valence-corrected chi connectivity index (χ3v) is 4.74. The highest BCUT2D eigenvalue weighted by atomic mass is 16.6. The van der Waals surface area contributed by atoms with Crippen molar-refractivity contribution >= 4 is 11.5 Å². The van der Waals surface area contributed by atoms with Crippen molar-refractivity contribution in [2.24, 2.45) is 5.92 Å². The van der Waals surface area contributed by atoms with E-state index in [0.29, 0.717) is 24.1 Å². The van der Waals surface area contributed by atoms with Crippen molar-refractivity contribution in [1.29, 1.82) is 0 Å². The van der Waals surface area contributed by atoms with Crippen molar-refractivity contribution in [3.05, 3.63) is 15.8 Å². The maximum Gasteiger partial charge on any atom is 0.333 e. The topological polar surface area (TPSA) is 76.2 Å². The summed E-state index contributed by atoms with van der Waals surface area (Å²) < 4.78 is 1.77. The molecule has 0 unspecified atom stereocenters. The van der Waals surface area contributed by atoms with Crippen LogP contribution >= 0.6 is 0 Å². The summed E-state index contributed by atoms with van der Waals surface area (Å²) in [7, 11) is 0. The Kier molecular flexibility index (Phi) is 4.33. The molecule has 0 radical (unpaired) electrons. The SMILES string of the molecule is CCn1nc(C)c([N+](=O)[O-])c1N1CCC(NCC2CC2)CC1. The third kappa shape index (κ3) is 3.09. The second kappa shape index (κ2) is 6.24. The summed E-state index contributed by atoms with van der Waals surface area (Å²) in [5.41, 5.74) is 0.682. The molecule has 0 atom stereocenters. The first-order valence-electron chi connectivity index (χ1n) is 8.30. The number of anilines is 1. The molecule has 3 rings (SSSR count). The Morgan fingerprint density at radius 1 is 1.32 bits per heavy atom. The Morgan fingerprint density at radius 3 is 2.55 bits per heavy atom. The van der Waals surface area contributed by atoms with Gasteiger partial charge in [0.2, 0.25) is 5.82 Å². The molecule has 1 aromatic heterocycles. The van der Waals surface area contributed by atoms with Gasteiger partial charge in [0.25, 0.3) is 0 Å². The summed E-state index contributed by atoms with van der Waals surface area (Å²) in [6, 6.07) is 0.551. The number of nitrogens with zero attached hydrogens (tertiary/aromatic N) is 4. The van der Waals surface area contributed by atoms with Crippen molar-refractivity contribution in [2.45, 2.75) is 52.1 Å². The Labute approximate surface area is 130 Å². The fraction of sp³-hybridized carbons (Fsp3) is 0.800. The predicted octanol–water partition coefficient (Wildman–Crippen LogP) is 2.09. The molecule has 122 valence electrons. The van der Waals surface area contributed by atoms with E-state index in [1.807, 2.05) is 6.92 Å². The second-order valence-corrected chi connectivity index (χ2v) is 6.44. The average Bonchev–Trinajstić information content (AvgIpc) is 3.27. The number of hydrogen-bond donors (Lipinski definition) is 1. The first-order chi connectivity index (χ1) is 10.6. The molecule has 0 spiro atoms. The fourth-order valence-corrected chi connectivity index (χ4v) is 3.26. The molecule has 22 heavy (non-hydrogen) atoms. The van der Waals surface area contributed by atoms with Gasteiger partial charge in [-0.1, -0.05) is 0 Å². The average molecular weight is 307 g/mol. The second-order valence-electron chi connectivity index (χ2n) is 6.44. The van der Waals surface area contributed by atoms with Gasteiger partial charge in [-0.05, 0) is 52.0 Å². The van der Waals surface area contributed by atoms with Crippen LogP contribution in [0, 0.1) is 23.0 Å². The molecular weight excluding hydrogens is 282 g/mol. The van der Waals surface area contributed by atoms with Gasteiger partial charge in [0, 0.05) is 25.7 Å². The summed E-state index contributed by atoms with van der Waals surface area (Å²) >= 11 is 0. The molecule has 2 heterocycles. The number of aromatic nitrogens is 2. The van der Waals surface area contributed by atoms with Gasteiger partial charge in [0.15, 0.2) is 0 Å². The Bertz CT molecular complexity index is 544. The minimum absolute atomic E-state index is 0.172. The largest absolute Gasteiger partial charge is 0.351 e. The van der Waals surface area contributed by atoms with Crippen molar-refractivity contribution in [1.82, 2.24) is 15.1 Å². The van der Waals surface area contributed by atoms with Gasteiger partial charge < -0.3 is 10.2 Å². The predicted molar refractivity (Wildman–Crippen MR) is 85.3 cm³/mol. The van der Waals surface area contributed by atoms with Gasteiger partial charge in [0.1, 0.15) is 5.69 Å². The van der Waals surface area contributed by atoms with E-state index in [4.69, 9.17) is 0 Å². The van der Waals surface area contributed by atoms with Crippen LogP contribution in [0.1, 0.15) is 38.3 Å². The molecule has 1 aliphatic heterocycles. The quantitative estimate of drug-likeness (QED) is 0.643. The smallest absolute Gasteiger partial charge is 0.333 e. The zero-order chi connectivity index (χ0) is 15.7. The Balaban J connectivity index is 1.68. The van der Waals surface area contributed by atoms with E-state index in [0.717, 1.165) is 38.4 Å². The highest BCUT2D eigenvalue weighted by Gasteiger charge is 2.32. The monoisotopic (exact) mass is 307 g/mol. The Morgan fingerprint density at radius 2 is 2.00 bits per heavy atom. The van der Waals surface area contributed by atoms with Crippen LogP contribution in [0.25, 0.3) is 0 Å². The lowest BCUT2D eigenvalue weighted by atomic mass is 10.0. The molecule has 1 N–H and O–H groups in total. The molecule has 0 aromatic carbocycles. The zero-order valence-corrected chi connectivity index (χ0v) is 13.4. The standard InChI is InChI=1S/C15H25N5O2/c1-3-19-15(14(20(21)22)11(2)17-19)18-8-6-13(7-9-18)16-10-12-4-5-12/h12-13,16H,3-10H2,1-2H3. The van der Waals surface area contributed by atoms with Crippen molar-refractivity contribution in [3.63, 3.8) is 0 Å². The van der Waals surface area contributed by atoms with Gasteiger partial charge in [-0.15, -0.1) is 0 Å². The maximum atomic E-state index is 11.4. The summed E-state index contributed by atoms with van der Waals surface area (Å²) in [4.78, 5) is 13.2. The number of nitrogens with one attached hydrogen (secondary N) is 1. The van der Waals surface area contributed by atoms with Crippen LogP contribution in [0.5, 0.6) is 0 Å². The van der Waals surface area contributed by atoms with Gasteiger partial charge >= 0.3 is 5.69 Å². The molecule has 1 saturated carbocycles. The van der Waals surface area contributed by atoms with Crippen LogP contribution in [0.15, 0.2) is 0 Å². The van der Waals surface area contributed by atoms with E-state index >= 15 is 0 Å². The van der Waals surface area contributed by atoms with E-state index in [1.54, 1.807) is 11.6 Å². The molecule has 0 amide bonds. The molecule has 2 fully saturated rings. The first kappa shape index (κ1) is 15.3. The third-order valence-electron chi connectivity index (χ3n) is 4.74. The lowest BCUT2D eigenvalue weighted by Crippen LogP contribution is -2.44. The van der Waals surface area contributed by atoms with Crippen LogP contribution < -0.4 is 10.2 Å².